The molecule has 0 unspecified atom stereocenters. The zero-order valence-corrected chi connectivity index (χ0v) is 10.2. The molecule has 0 radical (unpaired) electrons. The predicted octanol–water partition coefficient (Wildman–Crippen LogP) is 4.85. The standard InChI is InChI=1S/C13H6ClNOS/c14-13-15-9-6-12-8(5-10(9)16-13)7-3-1-2-4-11(7)17-12/h1-6H. The number of benzene rings is 2. The smallest absolute Gasteiger partial charge is 0.293 e. The van der Waals surface area contributed by atoms with Crippen LogP contribution in [0.5, 0.6) is 0 Å². The van der Waals surface area contributed by atoms with Crippen molar-refractivity contribution in [2.75, 3.05) is 0 Å². The summed E-state index contributed by atoms with van der Waals surface area (Å²) in [7, 11) is 0. The second-order valence-corrected chi connectivity index (χ2v) is 5.29. The molecule has 0 fully saturated rings. The van der Waals surface area contributed by atoms with Crippen molar-refractivity contribution >= 4 is 54.2 Å². The van der Waals surface area contributed by atoms with Gasteiger partial charge in [0.15, 0.2) is 5.58 Å². The van der Waals surface area contributed by atoms with Gasteiger partial charge in [-0.25, -0.2) is 0 Å². The molecule has 2 heterocycles. The Bertz CT molecular complexity index is 862. The Kier molecular flexibility index (Phi) is 1.79. The highest BCUT2D eigenvalue weighted by Crippen LogP contribution is 2.36. The van der Waals surface area contributed by atoms with Gasteiger partial charge >= 0.3 is 0 Å². The van der Waals surface area contributed by atoms with Gasteiger partial charge in [-0.1, -0.05) is 18.2 Å². The van der Waals surface area contributed by atoms with Crippen molar-refractivity contribution < 1.29 is 4.42 Å². The minimum Gasteiger partial charge on any atom is -0.428 e. The third-order valence-electron chi connectivity index (χ3n) is 2.86. The molecule has 4 rings (SSSR count). The molecule has 0 aliphatic carbocycles. The lowest BCUT2D eigenvalue weighted by molar-refractivity contribution is 0.605. The van der Waals surface area contributed by atoms with Gasteiger partial charge in [0.1, 0.15) is 5.52 Å². The molecule has 0 aliphatic rings. The van der Waals surface area contributed by atoms with E-state index in [0.717, 1.165) is 11.1 Å². The summed E-state index contributed by atoms with van der Waals surface area (Å²) in [5.74, 6) is 0. The molecule has 0 bridgehead atoms. The van der Waals surface area contributed by atoms with Crippen molar-refractivity contribution in [2.45, 2.75) is 0 Å². The van der Waals surface area contributed by atoms with Crippen LogP contribution in [0.25, 0.3) is 31.3 Å². The van der Waals surface area contributed by atoms with E-state index >= 15 is 0 Å². The number of fused-ring (bicyclic) bond motifs is 4. The Hall–Kier alpha value is -1.58. The average Bonchev–Trinajstić information content (AvgIpc) is 2.84. The minimum atomic E-state index is 0.196. The molecule has 4 aromatic rings. The van der Waals surface area contributed by atoms with Crippen LogP contribution in [0.15, 0.2) is 40.8 Å². The number of nitrogens with zero attached hydrogens (tertiary/aromatic N) is 1. The zero-order valence-electron chi connectivity index (χ0n) is 8.61. The highest BCUT2D eigenvalue weighted by Gasteiger charge is 2.09. The largest absolute Gasteiger partial charge is 0.428 e. The lowest BCUT2D eigenvalue weighted by Gasteiger charge is -1.90. The van der Waals surface area contributed by atoms with Crippen molar-refractivity contribution in [1.29, 1.82) is 0 Å². The lowest BCUT2D eigenvalue weighted by atomic mass is 10.1. The SMILES string of the molecule is Clc1nc2cc3sc4ccccc4c3cc2o1. The van der Waals surface area contributed by atoms with E-state index in [-0.39, 0.29) is 5.35 Å². The Morgan fingerprint density at radius 1 is 1.06 bits per heavy atom. The number of hydrogen-bond donors (Lipinski definition) is 0. The van der Waals surface area contributed by atoms with E-state index in [1.807, 2.05) is 18.2 Å². The van der Waals surface area contributed by atoms with Crippen LogP contribution < -0.4 is 0 Å². The number of halogens is 1. The number of oxazole rings is 1. The normalized spacial score (nSPS) is 11.8. The molecule has 2 aromatic carbocycles. The Morgan fingerprint density at radius 3 is 2.88 bits per heavy atom. The van der Waals surface area contributed by atoms with E-state index in [1.54, 1.807) is 11.3 Å². The van der Waals surface area contributed by atoms with Crippen LogP contribution in [0, 0.1) is 0 Å². The van der Waals surface area contributed by atoms with E-state index in [1.165, 1.54) is 20.2 Å². The first-order valence-electron chi connectivity index (χ1n) is 5.18. The fourth-order valence-electron chi connectivity index (χ4n) is 2.12. The van der Waals surface area contributed by atoms with Gasteiger partial charge in [0.2, 0.25) is 0 Å². The van der Waals surface area contributed by atoms with Crippen LogP contribution >= 0.6 is 22.9 Å². The third kappa shape index (κ3) is 1.30. The molecule has 17 heavy (non-hydrogen) atoms. The Labute approximate surface area is 105 Å². The van der Waals surface area contributed by atoms with Crippen LogP contribution in [0.2, 0.25) is 5.35 Å². The first-order chi connectivity index (χ1) is 8.31. The van der Waals surface area contributed by atoms with Gasteiger partial charge in [0, 0.05) is 20.2 Å². The Morgan fingerprint density at radius 2 is 1.94 bits per heavy atom. The monoisotopic (exact) mass is 259 g/mol. The molecule has 0 N–H and O–H groups in total. The number of aromatic nitrogens is 1. The van der Waals surface area contributed by atoms with E-state index < -0.39 is 0 Å². The molecule has 4 heteroatoms. The summed E-state index contributed by atoms with van der Waals surface area (Å²) in [6.45, 7) is 0. The maximum atomic E-state index is 5.76. The number of rotatable bonds is 0. The fourth-order valence-corrected chi connectivity index (χ4v) is 3.41. The molecule has 0 saturated heterocycles. The first kappa shape index (κ1) is 9.45. The van der Waals surface area contributed by atoms with E-state index in [2.05, 4.69) is 23.2 Å². The maximum Gasteiger partial charge on any atom is 0.293 e. The second-order valence-electron chi connectivity index (χ2n) is 3.88. The topological polar surface area (TPSA) is 26.0 Å². The van der Waals surface area contributed by atoms with Crippen LogP contribution in [0.4, 0.5) is 0 Å². The quantitative estimate of drug-likeness (QED) is 0.451. The van der Waals surface area contributed by atoms with Gasteiger partial charge < -0.3 is 4.42 Å². The molecule has 0 spiro atoms. The van der Waals surface area contributed by atoms with E-state index in [4.69, 9.17) is 16.0 Å². The van der Waals surface area contributed by atoms with Crippen LogP contribution in [0.1, 0.15) is 0 Å². The van der Waals surface area contributed by atoms with Crippen molar-refractivity contribution in [3.05, 3.63) is 41.7 Å². The van der Waals surface area contributed by atoms with E-state index in [0.29, 0.717) is 0 Å². The summed E-state index contributed by atoms with van der Waals surface area (Å²) in [5.41, 5.74) is 1.56. The molecule has 2 nitrogen and oxygen atoms in total. The highest BCUT2D eigenvalue weighted by molar-refractivity contribution is 7.25. The van der Waals surface area contributed by atoms with Gasteiger partial charge in [-0.2, -0.15) is 4.98 Å². The molecule has 82 valence electrons. The summed E-state index contributed by atoms with van der Waals surface area (Å²) in [4.78, 5) is 4.14. The van der Waals surface area contributed by atoms with Crippen molar-refractivity contribution in [2.24, 2.45) is 0 Å². The summed E-state index contributed by atoms with van der Waals surface area (Å²) in [6.07, 6.45) is 0. The molecule has 0 amide bonds. The van der Waals surface area contributed by atoms with Crippen LogP contribution in [-0.4, -0.2) is 4.98 Å². The summed E-state index contributed by atoms with van der Waals surface area (Å²) in [5, 5.41) is 2.65. The molecular weight excluding hydrogens is 254 g/mol. The molecular formula is C13H6ClNOS. The maximum absolute atomic E-state index is 5.76. The van der Waals surface area contributed by atoms with Gasteiger partial charge in [0.05, 0.1) is 0 Å². The zero-order chi connectivity index (χ0) is 11.4. The highest BCUT2D eigenvalue weighted by atomic mass is 35.5. The molecule has 0 aliphatic heterocycles. The second kappa shape index (κ2) is 3.22. The average molecular weight is 260 g/mol. The number of thiophene rings is 1. The minimum absolute atomic E-state index is 0.196. The van der Waals surface area contributed by atoms with Crippen molar-refractivity contribution in [3.8, 4) is 0 Å². The van der Waals surface area contributed by atoms with E-state index in [9.17, 15) is 0 Å². The van der Waals surface area contributed by atoms with Gasteiger partial charge in [-0.05, 0) is 29.8 Å². The third-order valence-corrected chi connectivity index (χ3v) is 4.16. The van der Waals surface area contributed by atoms with Gasteiger partial charge in [0.25, 0.3) is 5.35 Å². The lowest BCUT2D eigenvalue weighted by Crippen LogP contribution is -1.68. The summed E-state index contributed by atoms with van der Waals surface area (Å²) < 4.78 is 7.84. The number of hydrogen-bond acceptors (Lipinski definition) is 3. The van der Waals surface area contributed by atoms with Crippen LogP contribution in [0.3, 0.4) is 0 Å². The summed E-state index contributed by atoms with van der Waals surface area (Å²) >= 11 is 7.53. The van der Waals surface area contributed by atoms with Gasteiger partial charge in [-0.3, -0.25) is 0 Å². The Balaban J connectivity index is 2.26. The fraction of sp³-hybridized carbons (Fsp3) is 0. The molecule has 2 aromatic heterocycles. The van der Waals surface area contributed by atoms with Crippen molar-refractivity contribution in [3.63, 3.8) is 0 Å². The molecule has 0 saturated carbocycles. The van der Waals surface area contributed by atoms with Gasteiger partial charge in [-0.15, -0.1) is 11.3 Å². The first-order valence-corrected chi connectivity index (χ1v) is 6.38. The van der Waals surface area contributed by atoms with Crippen LogP contribution in [-0.2, 0) is 0 Å². The molecule has 0 atom stereocenters. The summed E-state index contributed by atoms with van der Waals surface area (Å²) in [6, 6.07) is 12.4. The predicted molar refractivity (Wildman–Crippen MR) is 71.9 cm³/mol. The van der Waals surface area contributed by atoms with Crippen molar-refractivity contribution in [1.82, 2.24) is 4.98 Å².